The number of aliphatic hydroxyl groups excluding tert-OH is 1. The molecular weight excluding hydrogens is 254 g/mol. The van der Waals surface area contributed by atoms with Crippen LogP contribution in [-0.2, 0) is 10.0 Å². The van der Waals surface area contributed by atoms with Gasteiger partial charge in [-0.25, -0.2) is 13.1 Å². The molecule has 0 aromatic heterocycles. The van der Waals surface area contributed by atoms with Crippen molar-refractivity contribution in [3.8, 4) is 0 Å². The van der Waals surface area contributed by atoms with Gasteiger partial charge in [0.2, 0.25) is 10.0 Å². The first-order valence-corrected chi connectivity index (χ1v) is 7.16. The molecule has 2 N–H and O–H groups in total. The van der Waals surface area contributed by atoms with Crippen molar-refractivity contribution in [1.29, 1.82) is 0 Å². The van der Waals surface area contributed by atoms with Crippen LogP contribution in [0.3, 0.4) is 0 Å². The smallest absolute Gasteiger partial charge is 0.240 e. The molecular formula is C12H17NO4S. The second-order valence-corrected chi connectivity index (χ2v) is 5.77. The first kappa shape index (κ1) is 14.8. The first-order chi connectivity index (χ1) is 8.36. The molecule has 0 fully saturated rings. The Morgan fingerprint density at radius 2 is 2.11 bits per heavy atom. The van der Waals surface area contributed by atoms with Gasteiger partial charge in [-0.2, -0.15) is 0 Å². The zero-order valence-electron chi connectivity index (χ0n) is 10.4. The van der Waals surface area contributed by atoms with Crippen molar-refractivity contribution < 1.29 is 18.3 Å². The van der Waals surface area contributed by atoms with Gasteiger partial charge in [0.25, 0.3) is 0 Å². The lowest BCUT2D eigenvalue weighted by molar-refractivity contribution is 0.0988. The lowest BCUT2D eigenvalue weighted by Crippen LogP contribution is -2.30. The van der Waals surface area contributed by atoms with E-state index in [-0.39, 0.29) is 17.2 Å². The Morgan fingerprint density at radius 1 is 1.44 bits per heavy atom. The molecule has 100 valence electrons. The highest BCUT2D eigenvalue weighted by Crippen LogP contribution is 2.12. The molecule has 18 heavy (non-hydrogen) atoms. The van der Waals surface area contributed by atoms with Gasteiger partial charge in [0.05, 0.1) is 11.0 Å². The van der Waals surface area contributed by atoms with Crippen LogP contribution < -0.4 is 4.72 Å². The highest BCUT2D eigenvalue weighted by Gasteiger charge is 2.16. The number of sulfonamides is 1. The molecule has 0 aliphatic carbocycles. The van der Waals surface area contributed by atoms with Gasteiger partial charge in [-0.05, 0) is 19.1 Å². The van der Waals surface area contributed by atoms with Gasteiger partial charge in [0.15, 0.2) is 5.78 Å². The molecule has 0 aliphatic rings. The Bertz CT molecular complexity index is 523. The number of aliphatic hydroxyl groups is 1. The Labute approximate surface area is 107 Å². The van der Waals surface area contributed by atoms with Crippen LogP contribution in [0.2, 0.25) is 0 Å². The van der Waals surface area contributed by atoms with E-state index in [0.29, 0.717) is 12.0 Å². The van der Waals surface area contributed by atoms with Crippen LogP contribution in [-0.4, -0.2) is 32.0 Å². The average molecular weight is 271 g/mol. The molecule has 0 amide bonds. The van der Waals surface area contributed by atoms with Gasteiger partial charge in [-0.15, -0.1) is 0 Å². The number of hydrogen-bond donors (Lipinski definition) is 2. The minimum absolute atomic E-state index is 0.0300. The van der Waals surface area contributed by atoms with Crippen LogP contribution >= 0.6 is 0 Å². The predicted octanol–water partition coefficient (Wildman–Crippen LogP) is 0.938. The highest BCUT2D eigenvalue weighted by molar-refractivity contribution is 7.89. The summed E-state index contributed by atoms with van der Waals surface area (Å²) < 4.78 is 26.0. The minimum Gasteiger partial charge on any atom is -0.392 e. The van der Waals surface area contributed by atoms with Crippen LogP contribution in [0.5, 0.6) is 0 Å². The lowest BCUT2D eigenvalue weighted by Gasteiger charge is -2.09. The lowest BCUT2D eigenvalue weighted by atomic mass is 10.1. The Hall–Kier alpha value is -1.24. The summed E-state index contributed by atoms with van der Waals surface area (Å²) in [5, 5.41) is 9.06. The van der Waals surface area contributed by atoms with Gasteiger partial charge >= 0.3 is 0 Å². The van der Waals surface area contributed by atoms with E-state index in [1.165, 1.54) is 25.1 Å². The summed E-state index contributed by atoms with van der Waals surface area (Å²) in [4.78, 5) is 11.5. The van der Waals surface area contributed by atoms with E-state index < -0.39 is 16.1 Å². The molecule has 6 heteroatoms. The van der Waals surface area contributed by atoms with Crippen molar-refractivity contribution in [1.82, 2.24) is 4.72 Å². The van der Waals surface area contributed by atoms with Crippen LogP contribution in [0, 0.1) is 0 Å². The monoisotopic (exact) mass is 271 g/mol. The molecule has 1 aromatic rings. The maximum Gasteiger partial charge on any atom is 0.240 e. The van der Waals surface area contributed by atoms with E-state index in [4.69, 9.17) is 5.11 Å². The van der Waals surface area contributed by atoms with E-state index in [1.54, 1.807) is 13.0 Å². The molecule has 0 aliphatic heterocycles. The second kappa shape index (κ2) is 6.08. The number of carbonyl (C=O) groups excluding carboxylic acids is 1. The summed E-state index contributed by atoms with van der Waals surface area (Å²) in [6.07, 6.45) is -0.440. The topological polar surface area (TPSA) is 83.5 Å². The molecule has 1 aromatic carbocycles. The van der Waals surface area contributed by atoms with Crippen LogP contribution in [0.25, 0.3) is 0 Å². The number of hydrogen-bond acceptors (Lipinski definition) is 4. The average Bonchev–Trinajstić information content (AvgIpc) is 2.35. The zero-order chi connectivity index (χ0) is 13.8. The molecule has 0 heterocycles. The fourth-order valence-electron chi connectivity index (χ4n) is 1.35. The Balaban J connectivity index is 2.99. The fourth-order valence-corrected chi connectivity index (χ4v) is 2.52. The van der Waals surface area contributed by atoms with Gasteiger partial charge in [-0.3, -0.25) is 4.79 Å². The maximum atomic E-state index is 11.9. The fraction of sp³-hybridized carbons (Fsp3) is 0.417. The molecule has 5 nitrogen and oxygen atoms in total. The largest absolute Gasteiger partial charge is 0.392 e. The van der Waals surface area contributed by atoms with Crippen molar-refractivity contribution in [3.63, 3.8) is 0 Å². The number of Topliss-reactive ketones (excluding diaryl/α,β-unsaturated/α-hetero) is 1. The van der Waals surface area contributed by atoms with Gasteiger partial charge in [0.1, 0.15) is 0 Å². The Kier molecular flexibility index (Phi) is 5.01. The summed E-state index contributed by atoms with van der Waals surface area (Å²) >= 11 is 0. The molecule has 0 saturated heterocycles. The van der Waals surface area contributed by atoms with Gasteiger partial charge in [-0.1, -0.05) is 19.1 Å². The van der Waals surface area contributed by atoms with E-state index in [1.807, 2.05) is 0 Å². The summed E-state index contributed by atoms with van der Waals surface area (Å²) in [6, 6.07) is 5.87. The molecule has 1 atom stereocenters. The van der Waals surface area contributed by atoms with Crippen molar-refractivity contribution in [3.05, 3.63) is 29.8 Å². The SMILES string of the molecule is CCC(=O)c1cccc(S(=O)(=O)NC[C@H](C)O)c1. The van der Waals surface area contributed by atoms with Crippen molar-refractivity contribution in [2.24, 2.45) is 0 Å². The number of ketones is 1. The second-order valence-electron chi connectivity index (χ2n) is 4.01. The maximum absolute atomic E-state index is 11.9. The zero-order valence-corrected chi connectivity index (χ0v) is 11.2. The first-order valence-electron chi connectivity index (χ1n) is 5.68. The van der Waals surface area contributed by atoms with Crippen molar-refractivity contribution >= 4 is 15.8 Å². The predicted molar refractivity (Wildman–Crippen MR) is 67.9 cm³/mol. The van der Waals surface area contributed by atoms with Crippen molar-refractivity contribution in [2.45, 2.75) is 31.3 Å². The highest BCUT2D eigenvalue weighted by atomic mass is 32.2. The van der Waals surface area contributed by atoms with Crippen LogP contribution in [0.1, 0.15) is 30.6 Å². The van der Waals surface area contributed by atoms with Gasteiger partial charge < -0.3 is 5.11 Å². The number of nitrogens with one attached hydrogen (secondary N) is 1. The third kappa shape index (κ3) is 3.90. The Morgan fingerprint density at radius 3 is 2.67 bits per heavy atom. The standard InChI is InChI=1S/C12H17NO4S/c1-3-12(15)10-5-4-6-11(7-10)18(16,17)13-8-9(2)14/h4-7,9,13-14H,3,8H2,1-2H3/t9-/m0/s1. The van der Waals surface area contributed by atoms with E-state index >= 15 is 0 Å². The van der Waals surface area contributed by atoms with Crippen LogP contribution in [0.4, 0.5) is 0 Å². The van der Waals surface area contributed by atoms with E-state index in [9.17, 15) is 13.2 Å². The minimum atomic E-state index is -3.68. The molecule has 1 rings (SSSR count). The summed E-state index contributed by atoms with van der Waals surface area (Å²) in [5.41, 5.74) is 0.373. The molecule has 0 saturated carbocycles. The molecule has 0 radical (unpaired) electrons. The van der Waals surface area contributed by atoms with Crippen LogP contribution in [0.15, 0.2) is 29.2 Å². The third-order valence-corrected chi connectivity index (χ3v) is 3.78. The summed E-state index contributed by atoms with van der Waals surface area (Å²) in [5.74, 6) is -0.109. The number of benzene rings is 1. The van der Waals surface area contributed by atoms with Gasteiger partial charge in [0, 0.05) is 18.5 Å². The number of rotatable bonds is 6. The third-order valence-electron chi connectivity index (χ3n) is 2.36. The summed E-state index contributed by atoms with van der Waals surface area (Å²) in [6.45, 7) is 3.14. The molecule has 0 bridgehead atoms. The van der Waals surface area contributed by atoms with Crippen molar-refractivity contribution in [2.75, 3.05) is 6.54 Å². The molecule has 0 unspecified atom stereocenters. The normalized spacial score (nSPS) is 13.3. The molecule has 0 spiro atoms. The summed E-state index contributed by atoms with van der Waals surface area (Å²) in [7, 11) is -3.68. The van der Waals surface area contributed by atoms with E-state index in [0.717, 1.165) is 0 Å². The quantitative estimate of drug-likeness (QED) is 0.754. The number of carbonyl (C=O) groups is 1. The van der Waals surface area contributed by atoms with E-state index in [2.05, 4.69) is 4.72 Å².